The summed E-state index contributed by atoms with van der Waals surface area (Å²) in [6, 6.07) is 0. The van der Waals surface area contributed by atoms with E-state index < -0.39 is 9.05 Å². The molecule has 0 bridgehead atoms. The largest absolute Gasteiger partial charge is 0.668 e. The molecule has 48 valence electrons. The number of rotatable bonds is 0. The summed E-state index contributed by atoms with van der Waals surface area (Å²) in [6.07, 6.45) is 0. The Morgan fingerprint density at radius 2 is 0.857 bits per heavy atom. The Morgan fingerprint density at radius 3 is 0.857 bits per heavy atom. The van der Waals surface area contributed by atoms with Crippen LogP contribution in [0.4, 0.5) is 0 Å². The molecule has 0 fully saturated rings. The second kappa shape index (κ2) is 4.14. The summed E-state index contributed by atoms with van der Waals surface area (Å²) < 4.78 is 0. The second-order valence-corrected chi connectivity index (χ2v) is 1.80. The summed E-state index contributed by atoms with van der Waals surface area (Å²) in [6.45, 7) is 0. The van der Waals surface area contributed by atoms with Crippen LogP contribution in [-0.2, 0) is 0 Å². The van der Waals surface area contributed by atoms with Crippen LogP contribution in [0.3, 0.4) is 0 Å². The highest BCUT2D eigenvalue weighted by molar-refractivity contribution is 6.46. The van der Waals surface area contributed by atoms with Crippen LogP contribution in [0, 0.1) is 0 Å². The Morgan fingerprint density at radius 1 is 0.857 bits per heavy atom. The van der Waals surface area contributed by atoms with Crippen molar-refractivity contribution in [1.82, 2.24) is 6.15 Å². The lowest BCUT2D eigenvalue weighted by atomic mass is 14.0. The molecular formula is H9NO5Si. The van der Waals surface area contributed by atoms with Gasteiger partial charge in [-0.15, -0.1) is 0 Å². The standard InChI is InChI=1S/H3N.H4O4Si.H2O/c;1-5(2,3)4;/h1H3;1-4H;1H2. The maximum absolute atomic E-state index is 7.33. The van der Waals surface area contributed by atoms with E-state index in [0.29, 0.717) is 0 Å². The third-order valence-corrected chi connectivity index (χ3v) is 0. The van der Waals surface area contributed by atoms with E-state index >= 15 is 0 Å². The van der Waals surface area contributed by atoms with Crippen LogP contribution in [0.1, 0.15) is 0 Å². The van der Waals surface area contributed by atoms with Crippen molar-refractivity contribution in [2.75, 3.05) is 0 Å². The molecule has 0 aromatic heterocycles. The van der Waals surface area contributed by atoms with E-state index in [1.807, 2.05) is 0 Å². The third kappa shape index (κ3) is 177000. The van der Waals surface area contributed by atoms with Gasteiger partial charge in [0.2, 0.25) is 0 Å². The van der Waals surface area contributed by atoms with Crippen LogP contribution >= 0.6 is 0 Å². The van der Waals surface area contributed by atoms with E-state index in [1.165, 1.54) is 0 Å². The molecule has 0 spiro atoms. The highest BCUT2D eigenvalue weighted by atomic mass is 28.4. The highest BCUT2D eigenvalue weighted by Crippen LogP contribution is 1.67. The van der Waals surface area contributed by atoms with Crippen LogP contribution in [0.5, 0.6) is 0 Å². The van der Waals surface area contributed by atoms with Gasteiger partial charge >= 0.3 is 9.05 Å². The number of hydrogen-bond acceptors (Lipinski definition) is 5. The van der Waals surface area contributed by atoms with Gasteiger partial charge in [0, 0.05) is 0 Å². The molecule has 9 N–H and O–H groups in total. The van der Waals surface area contributed by atoms with Crippen LogP contribution in [0.15, 0.2) is 0 Å². The van der Waals surface area contributed by atoms with Gasteiger partial charge in [-0.25, -0.2) is 0 Å². The average Bonchev–Trinajstić information content (AvgIpc) is 0.722. The maximum Gasteiger partial charge on any atom is 0.668 e. The minimum absolute atomic E-state index is 0. The quantitative estimate of drug-likeness (QED) is 0.219. The molecule has 0 aromatic rings. The molecule has 0 saturated carbocycles. The molecule has 0 saturated heterocycles. The lowest BCUT2D eigenvalue weighted by Crippen LogP contribution is -2.33. The van der Waals surface area contributed by atoms with Crippen molar-refractivity contribution in [1.29, 1.82) is 0 Å². The first-order valence-corrected chi connectivity index (χ1v) is 2.68. The van der Waals surface area contributed by atoms with Crippen LogP contribution in [-0.4, -0.2) is 33.7 Å². The van der Waals surface area contributed by atoms with Crippen LogP contribution in [0.2, 0.25) is 0 Å². The van der Waals surface area contributed by atoms with Gasteiger partial charge in [-0.1, -0.05) is 0 Å². The SMILES string of the molecule is N.O.O[Si](O)(O)O. The molecule has 0 radical (unpaired) electrons. The van der Waals surface area contributed by atoms with Gasteiger partial charge in [0.25, 0.3) is 0 Å². The Balaban J connectivity index is -0.0000000800. The first-order chi connectivity index (χ1) is 2.00. The van der Waals surface area contributed by atoms with Crippen LogP contribution in [0.25, 0.3) is 0 Å². The smallest absolute Gasteiger partial charge is 0.412 e. The minimum atomic E-state index is -4.61. The first kappa shape index (κ1) is 15.8. The molecule has 7 heteroatoms. The molecule has 0 rings (SSSR count). The fourth-order valence-electron chi connectivity index (χ4n) is 0. The molecule has 7 heavy (non-hydrogen) atoms. The van der Waals surface area contributed by atoms with E-state index in [4.69, 9.17) is 19.2 Å². The predicted octanol–water partition coefficient (Wildman–Crippen LogP) is -3.27. The monoisotopic (exact) mass is 131 g/mol. The van der Waals surface area contributed by atoms with E-state index in [0.717, 1.165) is 0 Å². The van der Waals surface area contributed by atoms with Crippen molar-refractivity contribution >= 4 is 9.05 Å². The van der Waals surface area contributed by atoms with Gasteiger partial charge in [-0.2, -0.15) is 0 Å². The zero-order valence-corrected chi connectivity index (χ0v) is 4.50. The molecule has 0 atom stereocenters. The van der Waals surface area contributed by atoms with Crippen molar-refractivity contribution in [3.8, 4) is 0 Å². The second-order valence-electron chi connectivity index (χ2n) is 0.600. The lowest BCUT2D eigenvalue weighted by molar-refractivity contribution is 0.117. The maximum atomic E-state index is 7.33. The normalized spacial score (nSPS) is 8.57. The molecule has 0 aliphatic rings. The van der Waals surface area contributed by atoms with Gasteiger partial charge in [-0.3, -0.25) is 0 Å². The predicted molar refractivity (Wildman–Crippen MR) is 23.3 cm³/mol. The van der Waals surface area contributed by atoms with Crippen LogP contribution < -0.4 is 6.15 Å². The molecule has 0 heterocycles. The van der Waals surface area contributed by atoms with E-state index in [2.05, 4.69) is 0 Å². The van der Waals surface area contributed by atoms with Gasteiger partial charge in [0.15, 0.2) is 0 Å². The summed E-state index contributed by atoms with van der Waals surface area (Å²) in [5.74, 6) is 0. The van der Waals surface area contributed by atoms with Crippen molar-refractivity contribution in [3.05, 3.63) is 0 Å². The molecule has 0 unspecified atom stereocenters. The zero-order valence-electron chi connectivity index (χ0n) is 3.50. The Labute approximate surface area is 41.0 Å². The van der Waals surface area contributed by atoms with E-state index in [1.54, 1.807) is 0 Å². The fraction of sp³-hybridized carbons (Fsp3) is 0. The van der Waals surface area contributed by atoms with Gasteiger partial charge < -0.3 is 30.8 Å². The fourth-order valence-corrected chi connectivity index (χ4v) is 0. The Kier molecular flexibility index (Phi) is 9.33. The Hall–Kier alpha value is -0.0231. The summed E-state index contributed by atoms with van der Waals surface area (Å²) in [5.41, 5.74) is 0. The molecule has 0 aliphatic heterocycles. The third-order valence-electron chi connectivity index (χ3n) is 0. The number of hydrogen-bond donors (Lipinski definition) is 5. The van der Waals surface area contributed by atoms with Gasteiger partial charge in [0.05, 0.1) is 0 Å². The summed E-state index contributed by atoms with van der Waals surface area (Å²) in [5, 5.41) is 0. The van der Waals surface area contributed by atoms with Gasteiger partial charge in [-0.05, 0) is 0 Å². The van der Waals surface area contributed by atoms with Crippen molar-refractivity contribution < 1.29 is 24.7 Å². The van der Waals surface area contributed by atoms with Crippen molar-refractivity contribution in [2.45, 2.75) is 0 Å². The molecule has 6 nitrogen and oxygen atoms in total. The zero-order chi connectivity index (χ0) is 4.50. The average molecular weight is 131 g/mol. The first-order valence-electron chi connectivity index (χ1n) is 0.894. The van der Waals surface area contributed by atoms with E-state index in [-0.39, 0.29) is 11.6 Å². The van der Waals surface area contributed by atoms with E-state index in [9.17, 15) is 0 Å². The summed E-state index contributed by atoms with van der Waals surface area (Å²) in [7, 11) is -4.61. The lowest BCUT2D eigenvalue weighted by Gasteiger charge is -1.91. The molecule has 0 aromatic carbocycles. The summed E-state index contributed by atoms with van der Waals surface area (Å²) >= 11 is 0. The molecular weight excluding hydrogens is 122 g/mol. The topological polar surface area (TPSA) is 147 Å². The van der Waals surface area contributed by atoms with Crippen molar-refractivity contribution in [3.63, 3.8) is 0 Å². The minimum Gasteiger partial charge on any atom is -0.412 e. The van der Waals surface area contributed by atoms with Crippen molar-refractivity contribution in [2.24, 2.45) is 0 Å². The molecule has 0 aliphatic carbocycles. The molecule has 0 amide bonds. The Bertz CT molecular complexity index is 23.6. The highest BCUT2D eigenvalue weighted by Gasteiger charge is 2.22. The van der Waals surface area contributed by atoms with Gasteiger partial charge in [0.1, 0.15) is 0 Å². The summed E-state index contributed by atoms with van der Waals surface area (Å²) in [4.78, 5) is 29.3.